The minimum absolute atomic E-state index is 0.0796. The van der Waals surface area contributed by atoms with Gasteiger partial charge in [0.2, 0.25) is 0 Å². The molecule has 0 N–H and O–H groups in total. The summed E-state index contributed by atoms with van der Waals surface area (Å²) in [5.41, 5.74) is 2.16. The van der Waals surface area contributed by atoms with Gasteiger partial charge in [-0.15, -0.1) is 11.6 Å². The number of Topliss-reactive ketones (excluding diaryl/α,β-unsaturated/α-hetero) is 1. The molecule has 0 aromatic heterocycles. The van der Waals surface area contributed by atoms with Crippen molar-refractivity contribution in [1.82, 2.24) is 0 Å². The second-order valence-electron chi connectivity index (χ2n) is 3.28. The van der Waals surface area contributed by atoms with E-state index in [2.05, 4.69) is 6.92 Å². The number of alkyl halides is 1. The summed E-state index contributed by atoms with van der Waals surface area (Å²) in [6.45, 7) is 3.93. The van der Waals surface area contributed by atoms with Crippen molar-refractivity contribution >= 4 is 17.4 Å². The molecule has 76 valence electrons. The molecular weight excluding hydrogens is 196 g/mol. The van der Waals surface area contributed by atoms with Crippen molar-refractivity contribution in [2.45, 2.75) is 32.1 Å². The Balaban J connectivity index is 2.81. The van der Waals surface area contributed by atoms with Crippen molar-refractivity contribution < 1.29 is 4.79 Å². The average molecular weight is 211 g/mol. The largest absolute Gasteiger partial charge is 0.298 e. The first-order chi connectivity index (χ1) is 6.69. The first kappa shape index (κ1) is 11.3. The van der Waals surface area contributed by atoms with E-state index in [1.54, 1.807) is 0 Å². The van der Waals surface area contributed by atoms with E-state index in [4.69, 9.17) is 11.6 Å². The number of benzene rings is 1. The Morgan fingerprint density at radius 1 is 1.29 bits per heavy atom. The molecule has 2 heteroatoms. The van der Waals surface area contributed by atoms with Gasteiger partial charge in [0.05, 0.1) is 0 Å². The topological polar surface area (TPSA) is 17.1 Å². The fourth-order valence-electron chi connectivity index (χ4n) is 1.29. The van der Waals surface area contributed by atoms with E-state index in [1.165, 1.54) is 5.56 Å². The van der Waals surface area contributed by atoms with Gasteiger partial charge in [-0.2, -0.15) is 0 Å². The van der Waals surface area contributed by atoms with Crippen LogP contribution in [0.4, 0.5) is 0 Å². The quantitative estimate of drug-likeness (QED) is 0.696. The van der Waals surface area contributed by atoms with Crippen LogP contribution in [0.5, 0.6) is 0 Å². The highest BCUT2D eigenvalue weighted by atomic mass is 35.5. The molecule has 1 aromatic carbocycles. The van der Waals surface area contributed by atoms with Crippen LogP contribution in [0, 0.1) is 0 Å². The van der Waals surface area contributed by atoms with Crippen LogP contribution in [-0.4, -0.2) is 5.78 Å². The Morgan fingerprint density at radius 3 is 2.29 bits per heavy atom. The molecule has 0 bridgehead atoms. The van der Waals surface area contributed by atoms with Gasteiger partial charge in [-0.25, -0.2) is 0 Å². The van der Waals surface area contributed by atoms with Crippen molar-refractivity contribution in [3.05, 3.63) is 35.4 Å². The molecule has 1 aromatic rings. The lowest BCUT2D eigenvalue weighted by atomic mass is 10.0. The number of carbonyl (C=O) groups is 1. The van der Waals surface area contributed by atoms with Crippen LogP contribution in [0.15, 0.2) is 24.3 Å². The molecule has 1 unspecified atom stereocenters. The van der Waals surface area contributed by atoms with E-state index in [0.717, 1.165) is 12.0 Å². The summed E-state index contributed by atoms with van der Waals surface area (Å²) < 4.78 is 0. The van der Waals surface area contributed by atoms with Gasteiger partial charge in [0.15, 0.2) is 5.78 Å². The van der Waals surface area contributed by atoms with Crippen molar-refractivity contribution in [2.75, 3.05) is 0 Å². The first-order valence-electron chi connectivity index (χ1n) is 4.94. The third kappa shape index (κ3) is 2.58. The molecule has 0 aliphatic carbocycles. The summed E-state index contributed by atoms with van der Waals surface area (Å²) in [6, 6.07) is 7.91. The Hall–Kier alpha value is -0.820. The monoisotopic (exact) mass is 210 g/mol. The minimum Gasteiger partial charge on any atom is -0.298 e. The molecule has 0 aliphatic rings. The molecule has 0 saturated heterocycles. The zero-order valence-electron chi connectivity index (χ0n) is 8.59. The van der Waals surface area contributed by atoms with Gasteiger partial charge >= 0.3 is 0 Å². The fraction of sp³-hybridized carbons (Fsp3) is 0.417. The lowest BCUT2D eigenvalue weighted by molar-refractivity contribution is -0.118. The van der Waals surface area contributed by atoms with Gasteiger partial charge in [-0.1, -0.05) is 38.1 Å². The number of carbonyl (C=O) groups excluding carboxylic acids is 1. The number of rotatable bonds is 4. The highest BCUT2D eigenvalue weighted by Gasteiger charge is 2.14. The minimum atomic E-state index is -0.481. The van der Waals surface area contributed by atoms with Gasteiger partial charge in [-0.05, 0) is 17.5 Å². The molecule has 0 spiro atoms. The van der Waals surface area contributed by atoms with E-state index in [-0.39, 0.29) is 5.78 Å². The third-order valence-corrected chi connectivity index (χ3v) is 2.81. The third-order valence-electron chi connectivity index (χ3n) is 2.31. The van der Waals surface area contributed by atoms with Gasteiger partial charge in [0, 0.05) is 6.42 Å². The summed E-state index contributed by atoms with van der Waals surface area (Å²) in [4.78, 5) is 11.3. The highest BCUT2D eigenvalue weighted by molar-refractivity contribution is 6.31. The smallest absolute Gasteiger partial charge is 0.154 e. The van der Waals surface area contributed by atoms with E-state index in [1.807, 2.05) is 31.2 Å². The Morgan fingerprint density at radius 2 is 1.86 bits per heavy atom. The number of ketones is 1. The van der Waals surface area contributed by atoms with Crippen LogP contribution in [-0.2, 0) is 11.2 Å². The van der Waals surface area contributed by atoms with Crippen LogP contribution < -0.4 is 0 Å². The maximum atomic E-state index is 11.3. The van der Waals surface area contributed by atoms with Gasteiger partial charge in [0.1, 0.15) is 5.38 Å². The molecular formula is C12H15ClO. The highest BCUT2D eigenvalue weighted by Crippen LogP contribution is 2.22. The van der Waals surface area contributed by atoms with Gasteiger partial charge < -0.3 is 0 Å². The SMILES string of the molecule is CCC(=O)C(Cl)c1ccc(CC)cc1. The Kier molecular flexibility index (Phi) is 4.15. The van der Waals surface area contributed by atoms with Crippen molar-refractivity contribution in [2.24, 2.45) is 0 Å². The van der Waals surface area contributed by atoms with Crippen LogP contribution in [0.2, 0.25) is 0 Å². The van der Waals surface area contributed by atoms with Crippen molar-refractivity contribution in [1.29, 1.82) is 0 Å². The van der Waals surface area contributed by atoms with Gasteiger partial charge in [-0.3, -0.25) is 4.79 Å². The van der Waals surface area contributed by atoms with Crippen LogP contribution >= 0.6 is 11.6 Å². The van der Waals surface area contributed by atoms with Crippen LogP contribution in [0.3, 0.4) is 0 Å². The molecule has 1 nitrogen and oxygen atoms in total. The maximum Gasteiger partial charge on any atom is 0.154 e. The van der Waals surface area contributed by atoms with E-state index < -0.39 is 5.38 Å². The number of hydrogen-bond acceptors (Lipinski definition) is 1. The lowest BCUT2D eigenvalue weighted by Crippen LogP contribution is -2.04. The van der Waals surface area contributed by atoms with E-state index in [9.17, 15) is 4.79 Å². The molecule has 0 fully saturated rings. The predicted octanol–water partition coefficient (Wildman–Crippen LogP) is 3.51. The average Bonchev–Trinajstić information content (AvgIpc) is 2.27. The molecule has 0 saturated carbocycles. The number of halogens is 1. The molecule has 0 radical (unpaired) electrons. The van der Waals surface area contributed by atoms with Crippen LogP contribution in [0.25, 0.3) is 0 Å². The molecule has 1 rings (SSSR count). The molecule has 0 aliphatic heterocycles. The van der Waals surface area contributed by atoms with Crippen molar-refractivity contribution in [3.63, 3.8) is 0 Å². The standard InChI is InChI=1S/C12H15ClO/c1-3-9-5-7-10(8-6-9)12(13)11(14)4-2/h5-8,12H,3-4H2,1-2H3. The Labute approximate surface area is 90.1 Å². The number of hydrogen-bond donors (Lipinski definition) is 0. The molecule has 0 heterocycles. The zero-order chi connectivity index (χ0) is 10.6. The molecule has 14 heavy (non-hydrogen) atoms. The maximum absolute atomic E-state index is 11.3. The Bertz CT molecular complexity index is 303. The summed E-state index contributed by atoms with van der Waals surface area (Å²) >= 11 is 6.00. The summed E-state index contributed by atoms with van der Waals surface area (Å²) in [5.74, 6) is 0.0796. The summed E-state index contributed by atoms with van der Waals surface area (Å²) in [5, 5.41) is -0.481. The fourth-order valence-corrected chi connectivity index (χ4v) is 1.59. The number of aryl methyl sites for hydroxylation is 1. The zero-order valence-corrected chi connectivity index (χ0v) is 9.34. The molecule has 0 amide bonds. The van der Waals surface area contributed by atoms with Crippen LogP contribution in [0.1, 0.15) is 36.8 Å². The second kappa shape index (κ2) is 5.16. The lowest BCUT2D eigenvalue weighted by Gasteiger charge is -2.07. The van der Waals surface area contributed by atoms with E-state index in [0.29, 0.717) is 6.42 Å². The van der Waals surface area contributed by atoms with Crippen molar-refractivity contribution in [3.8, 4) is 0 Å². The van der Waals surface area contributed by atoms with Gasteiger partial charge in [0.25, 0.3) is 0 Å². The summed E-state index contributed by atoms with van der Waals surface area (Å²) in [6.07, 6.45) is 1.50. The second-order valence-corrected chi connectivity index (χ2v) is 3.71. The molecule has 1 atom stereocenters. The van der Waals surface area contributed by atoms with E-state index >= 15 is 0 Å². The first-order valence-corrected chi connectivity index (χ1v) is 5.38. The predicted molar refractivity (Wildman–Crippen MR) is 59.7 cm³/mol. The normalized spacial score (nSPS) is 12.5. The summed E-state index contributed by atoms with van der Waals surface area (Å²) in [7, 11) is 0.